The van der Waals surface area contributed by atoms with Crippen LogP contribution in [0.25, 0.3) is 0 Å². The number of rotatable bonds is 4. The molecule has 7 heteroatoms. The quantitative estimate of drug-likeness (QED) is 0.780. The van der Waals surface area contributed by atoms with Crippen molar-refractivity contribution in [3.05, 3.63) is 39.9 Å². The fourth-order valence-electron chi connectivity index (χ4n) is 2.20. The molecule has 1 aliphatic rings. The number of hydrogen-bond donors (Lipinski definition) is 3. The molecule has 2 heterocycles. The van der Waals surface area contributed by atoms with E-state index in [9.17, 15) is 5.26 Å². The van der Waals surface area contributed by atoms with Gasteiger partial charge >= 0.3 is 0 Å². The number of aromatic nitrogens is 2. The topological polar surface area (TPSA) is 91.7 Å². The number of nitrogen functional groups attached to an aromatic ring is 1. The van der Waals surface area contributed by atoms with E-state index in [-0.39, 0.29) is 0 Å². The molecule has 1 aromatic carbocycles. The average Bonchev–Trinajstić information content (AvgIpc) is 2.70. The van der Waals surface area contributed by atoms with Gasteiger partial charge in [0.25, 0.3) is 0 Å². The van der Waals surface area contributed by atoms with Crippen LogP contribution in [-0.4, -0.2) is 28.9 Å². The normalized spacial score (nSPS) is 14.5. The molecule has 0 atom stereocenters. The van der Waals surface area contributed by atoms with Gasteiger partial charge in [-0.05, 0) is 17.7 Å². The highest BCUT2D eigenvalue weighted by Gasteiger charge is 2.22. The minimum Gasteiger partial charge on any atom is -0.383 e. The minimum atomic E-state index is 0.311. The molecule has 0 spiro atoms. The van der Waals surface area contributed by atoms with Crippen molar-refractivity contribution in [2.75, 3.05) is 24.1 Å². The van der Waals surface area contributed by atoms with Crippen molar-refractivity contribution in [2.24, 2.45) is 0 Å². The number of benzene rings is 1. The molecule has 1 aliphatic heterocycles. The van der Waals surface area contributed by atoms with E-state index in [1.165, 1.54) is 0 Å². The van der Waals surface area contributed by atoms with E-state index in [0.717, 1.165) is 23.1 Å². The van der Waals surface area contributed by atoms with Gasteiger partial charge in [0.2, 0.25) is 0 Å². The molecule has 0 unspecified atom stereocenters. The van der Waals surface area contributed by atoms with E-state index in [1.807, 2.05) is 24.3 Å². The average molecular weight is 347 g/mol. The summed E-state index contributed by atoms with van der Waals surface area (Å²) < 4.78 is 2.67. The zero-order chi connectivity index (χ0) is 14.8. The van der Waals surface area contributed by atoms with Gasteiger partial charge in [-0.1, -0.05) is 28.1 Å². The van der Waals surface area contributed by atoms with Gasteiger partial charge in [-0.2, -0.15) is 10.4 Å². The first-order chi connectivity index (χ1) is 10.2. The molecule has 4 N–H and O–H groups in total. The third-order valence-electron chi connectivity index (χ3n) is 3.45. The Morgan fingerprint density at radius 1 is 1.52 bits per heavy atom. The van der Waals surface area contributed by atoms with Crippen LogP contribution < -0.4 is 16.4 Å². The molecule has 2 aromatic rings. The van der Waals surface area contributed by atoms with Crippen LogP contribution in [0.2, 0.25) is 0 Å². The summed E-state index contributed by atoms with van der Waals surface area (Å²) in [6.45, 7) is 2.29. The van der Waals surface area contributed by atoms with Crippen LogP contribution in [0.15, 0.2) is 28.7 Å². The van der Waals surface area contributed by atoms with Gasteiger partial charge in [-0.25, -0.2) is 4.68 Å². The molecular formula is C14H15BrN6. The molecule has 0 amide bonds. The number of halogens is 1. The summed E-state index contributed by atoms with van der Waals surface area (Å²) in [4.78, 5) is 0. The van der Waals surface area contributed by atoms with Crippen molar-refractivity contribution in [3.63, 3.8) is 0 Å². The maximum absolute atomic E-state index is 9.28. The lowest BCUT2D eigenvalue weighted by Crippen LogP contribution is -2.51. The van der Waals surface area contributed by atoms with Crippen LogP contribution in [0.4, 0.5) is 11.6 Å². The lowest BCUT2D eigenvalue weighted by atomic mass is 10.2. The van der Waals surface area contributed by atoms with Crippen LogP contribution >= 0.6 is 15.9 Å². The number of nitrogens with one attached hydrogen (secondary N) is 2. The van der Waals surface area contributed by atoms with Gasteiger partial charge in [0.15, 0.2) is 5.82 Å². The highest BCUT2D eigenvalue weighted by molar-refractivity contribution is 9.10. The second-order valence-corrected chi connectivity index (χ2v) is 5.92. The predicted molar refractivity (Wildman–Crippen MR) is 84.9 cm³/mol. The number of anilines is 2. The van der Waals surface area contributed by atoms with Gasteiger partial charge in [0, 0.05) is 17.6 Å². The summed E-state index contributed by atoms with van der Waals surface area (Å²) in [5, 5.41) is 20.1. The van der Waals surface area contributed by atoms with Crippen LogP contribution in [0, 0.1) is 11.3 Å². The van der Waals surface area contributed by atoms with Gasteiger partial charge in [-0.3, -0.25) is 0 Å². The molecule has 0 saturated carbocycles. The summed E-state index contributed by atoms with van der Waals surface area (Å²) in [5.41, 5.74) is 7.53. The highest BCUT2D eigenvalue weighted by atomic mass is 79.9. The maximum atomic E-state index is 9.28. The minimum absolute atomic E-state index is 0.311. The van der Waals surface area contributed by atoms with Crippen LogP contribution in [-0.2, 0) is 6.54 Å². The number of hydrogen-bond acceptors (Lipinski definition) is 5. The van der Waals surface area contributed by atoms with E-state index < -0.39 is 0 Å². The second kappa shape index (κ2) is 5.76. The van der Waals surface area contributed by atoms with Crippen molar-refractivity contribution in [3.8, 4) is 6.07 Å². The molecule has 1 fully saturated rings. The molecule has 3 rings (SSSR count). The van der Waals surface area contributed by atoms with Crippen LogP contribution in [0.5, 0.6) is 0 Å². The van der Waals surface area contributed by atoms with E-state index in [1.54, 1.807) is 4.68 Å². The highest BCUT2D eigenvalue weighted by Crippen LogP contribution is 2.23. The summed E-state index contributed by atoms with van der Waals surface area (Å²) in [6, 6.07) is 10.4. The zero-order valence-electron chi connectivity index (χ0n) is 11.3. The number of nitriles is 1. The second-order valence-electron chi connectivity index (χ2n) is 5.01. The predicted octanol–water partition coefficient (Wildman–Crippen LogP) is 1.53. The largest absolute Gasteiger partial charge is 0.383 e. The third kappa shape index (κ3) is 2.86. The van der Waals surface area contributed by atoms with Crippen molar-refractivity contribution in [1.82, 2.24) is 15.1 Å². The Bertz CT molecular complexity index is 698. The van der Waals surface area contributed by atoms with Crippen molar-refractivity contribution in [1.29, 1.82) is 5.26 Å². The molecule has 0 aliphatic carbocycles. The third-order valence-corrected chi connectivity index (χ3v) is 3.94. The number of nitrogens with zero attached hydrogens (tertiary/aromatic N) is 3. The molecule has 108 valence electrons. The Morgan fingerprint density at radius 2 is 2.33 bits per heavy atom. The van der Waals surface area contributed by atoms with E-state index in [0.29, 0.717) is 29.8 Å². The maximum Gasteiger partial charge on any atom is 0.168 e. The summed E-state index contributed by atoms with van der Waals surface area (Å²) in [7, 11) is 0. The molecule has 21 heavy (non-hydrogen) atoms. The van der Waals surface area contributed by atoms with Gasteiger partial charge in [-0.15, -0.1) is 0 Å². The Morgan fingerprint density at radius 3 is 2.95 bits per heavy atom. The standard InChI is InChI=1S/C14H15BrN6/c15-10-3-1-2-9(4-10)8-21-13(17)12(5-16)14(20-21)19-11-6-18-7-11/h1-4,11,18H,6-8,17H2,(H,19,20). The van der Waals surface area contributed by atoms with Crippen LogP contribution in [0.1, 0.15) is 11.1 Å². The fourth-order valence-corrected chi connectivity index (χ4v) is 2.65. The summed E-state index contributed by atoms with van der Waals surface area (Å²) >= 11 is 3.44. The summed E-state index contributed by atoms with van der Waals surface area (Å²) in [6.07, 6.45) is 0. The molecular weight excluding hydrogens is 332 g/mol. The smallest absolute Gasteiger partial charge is 0.168 e. The first-order valence-electron chi connectivity index (χ1n) is 6.65. The lowest BCUT2D eigenvalue weighted by Gasteiger charge is -2.27. The molecule has 1 saturated heterocycles. The lowest BCUT2D eigenvalue weighted by molar-refractivity contribution is 0.470. The van der Waals surface area contributed by atoms with Crippen molar-refractivity contribution < 1.29 is 0 Å². The van der Waals surface area contributed by atoms with Gasteiger partial charge in [0.1, 0.15) is 17.5 Å². The molecule has 6 nitrogen and oxygen atoms in total. The zero-order valence-corrected chi connectivity index (χ0v) is 12.9. The Hall–Kier alpha value is -2.04. The Labute approximate surface area is 131 Å². The van der Waals surface area contributed by atoms with Crippen molar-refractivity contribution in [2.45, 2.75) is 12.6 Å². The number of nitrogens with two attached hydrogens (primary N) is 1. The van der Waals surface area contributed by atoms with Gasteiger partial charge in [0.05, 0.1) is 12.6 Å². The Balaban J connectivity index is 1.86. The molecule has 0 radical (unpaired) electrons. The van der Waals surface area contributed by atoms with Crippen molar-refractivity contribution >= 4 is 27.6 Å². The van der Waals surface area contributed by atoms with E-state index in [2.05, 4.69) is 37.7 Å². The van der Waals surface area contributed by atoms with E-state index >= 15 is 0 Å². The fraction of sp³-hybridized carbons (Fsp3) is 0.286. The SMILES string of the molecule is N#Cc1c(NC2CNC2)nn(Cc2cccc(Br)c2)c1N. The Kier molecular flexibility index (Phi) is 3.82. The van der Waals surface area contributed by atoms with E-state index in [4.69, 9.17) is 5.73 Å². The summed E-state index contributed by atoms with van der Waals surface area (Å²) in [5.74, 6) is 0.962. The molecule has 0 bridgehead atoms. The monoisotopic (exact) mass is 346 g/mol. The first-order valence-corrected chi connectivity index (χ1v) is 7.44. The van der Waals surface area contributed by atoms with Gasteiger partial charge < -0.3 is 16.4 Å². The molecule has 1 aromatic heterocycles. The van der Waals surface area contributed by atoms with Crippen LogP contribution in [0.3, 0.4) is 0 Å². The first kappa shape index (κ1) is 13.9.